The molecule has 0 spiro atoms. The van der Waals surface area contributed by atoms with Gasteiger partial charge in [0.05, 0.1) is 12.7 Å². The van der Waals surface area contributed by atoms with Crippen LogP contribution in [0.3, 0.4) is 0 Å². The lowest BCUT2D eigenvalue weighted by Gasteiger charge is -2.16. The van der Waals surface area contributed by atoms with Gasteiger partial charge in [-0.1, -0.05) is 13.8 Å². The Balaban J connectivity index is 1.90. The van der Waals surface area contributed by atoms with Gasteiger partial charge in [0.2, 0.25) is 5.13 Å². The molecule has 3 heterocycles. The van der Waals surface area contributed by atoms with Crippen molar-refractivity contribution in [1.29, 1.82) is 0 Å². The molecule has 3 aromatic heterocycles. The zero-order valence-corrected chi connectivity index (χ0v) is 15.5. The summed E-state index contributed by atoms with van der Waals surface area (Å²) in [6.45, 7) is 3.38. The fraction of sp³-hybridized carbons (Fsp3) is 0.294. The second-order valence-corrected chi connectivity index (χ2v) is 6.66. The molecule has 10 heteroatoms. The Morgan fingerprint density at radius 1 is 1.22 bits per heavy atom. The van der Waals surface area contributed by atoms with Crippen LogP contribution in [0.1, 0.15) is 30.9 Å². The minimum absolute atomic E-state index is 0.0439. The van der Waals surface area contributed by atoms with E-state index in [2.05, 4.69) is 24.6 Å². The Hall–Kier alpha value is -2.75. The predicted molar refractivity (Wildman–Crippen MR) is 96.3 cm³/mol. The van der Waals surface area contributed by atoms with Crippen molar-refractivity contribution in [2.24, 2.45) is 0 Å². The van der Waals surface area contributed by atoms with E-state index in [1.807, 2.05) is 0 Å². The number of ether oxygens (including phenoxy) is 1. The van der Waals surface area contributed by atoms with Crippen molar-refractivity contribution in [1.82, 2.24) is 19.3 Å². The zero-order valence-electron chi connectivity index (χ0n) is 14.7. The minimum Gasteiger partial charge on any atom is -0.494 e. The van der Waals surface area contributed by atoms with Gasteiger partial charge in [-0.2, -0.15) is 22.5 Å². The molecule has 0 saturated heterocycles. The number of pyridine rings is 2. The van der Waals surface area contributed by atoms with E-state index in [9.17, 15) is 13.2 Å². The molecule has 0 aromatic carbocycles. The third-order valence-electron chi connectivity index (χ3n) is 3.73. The molecule has 0 radical (unpaired) electrons. The van der Waals surface area contributed by atoms with Gasteiger partial charge < -0.3 is 10.1 Å². The molecule has 27 heavy (non-hydrogen) atoms. The summed E-state index contributed by atoms with van der Waals surface area (Å²) in [4.78, 5) is 12.5. The van der Waals surface area contributed by atoms with E-state index >= 15 is 0 Å². The predicted octanol–water partition coefficient (Wildman–Crippen LogP) is 4.89. The van der Waals surface area contributed by atoms with Crippen molar-refractivity contribution < 1.29 is 17.9 Å². The van der Waals surface area contributed by atoms with Gasteiger partial charge in [0, 0.05) is 23.9 Å². The summed E-state index contributed by atoms with van der Waals surface area (Å²) in [5.41, 5.74) is -0.126. The number of nitrogens with one attached hydrogen (secondary N) is 1. The van der Waals surface area contributed by atoms with Gasteiger partial charge >= 0.3 is 6.18 Å². The van der Waals surface area contributed by atoms with Crippen molar-refractivity contribution in [3.8, 4) is 17.3 Å². The van der Waals surface area contributed by atoms with Gasteiger partial charge in [-0.25, -0.2) is 9.97 Å². The third-order valence-corrected chi connectivity index (χ3v) is 4.36. The maximum absolute atomic E-state index is 13.3. The van der Waals surface area contributed by atoms with Crippen LogP contribution in [0.25, 0.3) is 11.5 Å². The van der Waals surface area contributed by atoms with Crippen LogP contribution in [-0.4, -0.2) is 26.4 Å². The van der Waals surface area contributed by atoms with E-state index < -0.39 is 11.7 Å². The summed E-state index contributed by atoms with van der Waals surface area (Å²) in [5.74, 6) is 0.561. The van der Waals surface area contributed by atoms with Crippen molar-refractivity contribution in [2.45, 2.75) is 25.9 Å². The highest BCUT2D eigenvalue weighted by Gasteiger charge is 2.34. The third kappa shape index (κ3) is 4.16. The van der Waals surface area contributed by atoms with Gasteiger partial charge in [0.15, 0.2) is 11.5 Å². The summed E-state index contributed by atoms with van der Waals surface area (Å²) in [6, 6.07) is 4.42. The standard InChI is InChI=1S/C17H16F3N5OS/c1-9(2)10-8-22-13(7-11(10)17(18,19)20)23-16-24-15(25-27-16)14-12(26-3)5-4-6-21-14/h4-9H,1-3H3,(H,22,23,24,25). The second-order valence-electron chi connectivity index (χ2n) is 5.91. The first kappa shape index (κ1) is 19.0. The molecular weight excluding hydrogens is 379 g/mol. The Bertz CT molecular complexity index is 942. The van der Waals surface area contributed by atoms with Crippen LogP contribution in [0.4, 0.5) is 24.1 Å². The van der Waals surface area contributed by atoms with Crippen LogP contribution in [0.5, 0.6) is 5.75 Å². The van der Waals surface area contributed by atoms with E-state index in [1.54, 1.807) is 32.2 Å². The average Bonchev–Trinajstić information content (AvgIpc) is 3.09. The normalized spacial score (nSPS) is 11.7. The number of nitrogens with zero attached hydrogens (tertiary/aromatic N) is 4. The van der Waals surface area contributed by atoms with Gasteiger partial charge in [-0.05, 0) is 29.7 Å². The molecule has 0 amide bonds. The Morgan fingerprint density at radius 3 is 2.67 bits per heavy atom. The molecule has 3 rings (SSSR count). The molecule has 0 fully saturated rings. The van der Waals surface area contributed by atoms with Crippen LogP contribution in [-0.2, 0) is 6.18 Å². The van der Waals surface area contributed by atoms with E-state index in [0.29, 0.717) is 22.4 Å². The maximum atomic E-state index is 13.3. The number of hydrogen-bond donors (Lipinski definition) is 1. The lowest BCUT2D eigenvalue weighted by molar-refractivity contribution is -0.138. The first-order valence-corrected chi connectivity index (χ1v) is 8.74. The van der Waals surface area contributed by atoms with Crippen LogP contribution >= 0.6 is 11.5 Å². The summed E-state index contributed by atoms with van der Waals surface area (Å²) in [6.07, 6.45) is -1.65. The lowest BCUT2D eigenvalue weighted by Crippen LogP contribution is -2.11. The molecule has 0 aliphatic heterocycles. The van der Waals surface area contributed by atoms with Gasteiger partial charge in [-0.3, -0.25) is 0 Å². The zero-order chi connectivity index (χ0) is 19.6. The van der Waals surface area contributed by atoms with Crippen molar-refractivity contribution in [3.63, 3.8) is 0 Å². The molecule has 0 saturated carbocycles. The number of hydrogen-bond acceptors (Lipinski definition) is 7. The van der Waals surface area contributed by atoms with Crippen molar-refractivity contribution >= 4 is 22.5 Å². The summed E-state index contributed by atoms with van der Waals surface area (Å²) in [7, 11) is 1.50. The highest BCUT2D eigenvalue weighted by atomic mass is 32.1. The number of alkyl halides is 3. The van der Waals surface area contributed by atoms with Crippen molar-refractivity contribution in [2.75, 3.05) is 12.4 Å². The number of anilines is 2. The fourth-order valence-corrected chi connectivity index (χ4v) is 3.02. The molecule has 0 aliphatic carbocycles. The summed E-state index contributed by atoms with van der Waals surface area (Å²) < 4.78 is 49.4. The molecule has 0 aliphatic rings. The smallest absolute Gasteiger partial charge is 0.416 e. The lowest BCUT2D eigenvalue weighted by atomic mass is 9.99. The number of aromatic nitrogens is 4. The van der Waals surface area contributed by atoms with E-state index in [4.69, 9.17) is 4.74 Å². The fourth-order valence-electron chi connectivity index (χ4n) is 2.44. The quantitative estimate of drug-likeness (QED) is 0.663. The molecule has 0 bridgehead atoms. The molecular formula is C17H16F3N5OS. The van der Waals surface area contributed by atoms with Crippen LogP contribution < -0.4 is 10.1 Å². The largest absolute Gasteiger partial charge is 0.494 e. The summed E-state index contributed by atoms with van der Waals surface area (Å²) >= 11 is 0.993. The van der Waals surface area contributed by atoms with Crippen LogP contribution in [0, 0.1) is 0 Å². The average molecular weight is 395 g/mol. The molecule has 6 nitrogen and oxygen atoms in total. The van der Waals surface area contributed by atoms with E-state index in [-0.39, 0.29) is 17.3 Å². The number of halogens is 3. The Labute approximate surface area is 157 Å². The minimum atomic E-state index is -4.47. The second kappa shape index (κ2) is 7.47. The number of methoxy groups -OCH3 is 1. The van der Waals surface area contributed by atoms with Crippen LogP contribution in [0.2, 0.25) is 0 Å². The number of rotatable bonds is 5. The van der Waals surface area contributed by atoms with E-state index in [1.165, 1.54) is 13.3 Å². The first-order valence-electron chi connectivity index (χ1n) is 7.97. The highest BCUT2D eigenvalue weighted by Crippen LogP contribution is 2.36. The molecule has 1 N–H and O–H groups in total. The van der Waals surface area contributed by atoms with E-state index in [0.717, 1.165) is 17.6 Å². The van der Waals surface area contributed by atoms with Gasteiger partial charge in [-0.15, -0.1) is 0 Å². The van der Waals surface area contributed by atoms with Gasteiger partial charge in [0.25, 0.3) is 0 Å². The Kier molecular flexibility index (Phi) is 5.26. The van der Waals surface area contributed by atoms with Crippen LogP contribution in [0.15, 0.2) is 30.6 Å². The van der Waals surface area contributed by atoms with Gasteiger partial charge in [0.1, 0.15) is 11.6 Å². The molecule has 142 valence electrons. The Morgan fingerprint density at radius 2 is 2.00 bits per heavy atom. The molecule has 3 aromatic rings. The molecule has 0 atom stereocenters. The first-order chi connectivity index (χ1) is 12.8. The highest BCUT2D eigenvalue weighted by molar-refractivity contribution is 7.09. The van der Waals surface area contributed by atoms with Crippen molar-refractivity contribution in [3.05, 3.63) is 41.7 Å². The molecule has 0 unspecified atom stereocenters. The SMILES string of the molecule is COc1cccnc1-c1nsc(Nc2cc(C(F)(F)F)c(C(C)C)cn2)n1. The topological polar surface area (TPSA) is 72.8 Å². The maximum Gasteiger partial charge on any atom is 0.416 e. The summed E-state index contributed by atoms with van der Waals surface area (Å²) in [5, 5.41) is 3.08. The monoisotopic (exact) mass is 395 g/mol.